The summed E-state index contributed by atoms with van der Waals surface area (Å²) in [5.74, 6) is 8.22. The van der Waals surface area contributed by atoms with Crippen molar-refractivity contribution in [3.63, 3.8) is 0 Å². The third kappa shape index (κ3) is 4.47. The van der Waals surface area contributed by atoms with Gasteiger partial charge in [0.1, 0.15) is 18.5 Å². The summed E-state index contributed by atoms with van der Waals surface area (Å²) in [5, 5.41) is 1.06. The molecule has 4 heterocycles. The number of allylic oxidation sites excluding steroid dienone is 2. The van der Waals surface area contributed by atoms with Gasteiger partial charge in [-0.05, 0) is 43.4 Å². The van der Waals surface area contributed by atoms with Crippen LogP contribution in [0.2, 0.25) is 0 Å². The average molecular weight is 508 g/mol. The lowest BCUT2D eigenvalue weighted by molar-refractivity contribution is -0.750. The molecule has 6 rings (SSSR count). The smallest absolute Gasteiger partial charge is 0.264 e. The van der Waals surface area contributed by atoms with Crippen LogP contribution in [0.25, 0.3) is 22.2 Å². The standard InChI is InChI=1S/C30H31N6O2/c1-38-20-29(37)35-14-11-21(12-15-35)17-27-28-19-32-13-16-36(28,31)30(34-27)24-8-7-23-9-10-25(33-26(23)18-24)22-5-3-2-4-6-22/h2-10,13,16,18-19,21H,11-12,14-15,17,20,31H2,1H3/q+1. The molecule has 0 aliphatic carbocycles. The zero-order valence-corrected chi connectivity index (χ0v) is 21.5. The zero-order chi connectivity index (χ0) is 26.1. The summed E-state index contributed by atoms with van der Waals surface area (Å²) in [6, 6.07) is 20.6. The number of nitrogens with zero attached hydrogens (tertiary/aromatic N) is 5. The van der Waals surface area contributed by atoms with E-state index in [-0.39, 0.29) is 17.1 Å². The molecule has 0 spiro atoms. The third-order valence-electron chi connectivity index (χ3n) is 7.61. The number of hydrogen-bond donors (Lipinski definition) is 1. The van der Waals surface area contributed by atoms with E-state index in [9.17, 15) is 4.79 Å². The van der Waals surface area contributed by atoms with E-state index in [0.29, 0.717) is 5.92 Å². The van der Waals surface area contributed by atoms with Gasteiger partial charge in [-0.25, -0.2) is 4.98 Å². The Bertz CT molecular complexity index is 1500. The Morgan fingerprint density at radius 3 is 2.66 bits per heavy atom. The second kappa shape index (κ2) is 10.1. The van der Waals surface area contributed by atoms with Gasteiger partial charge in [-0.15, -0.1) is 4.59 Å². The number of benzene rings is 2. The Morgan fingerprint density at radius 1 is 1.08 bits per heavy atom. The highest BCUT2D eigenvalue weighted by Gasteiger charge is 2.44. The van der Waals surface area contributed by atoms with Crippen LogP contribution < -0.4 is 5.84 Å². The molecule has 8 heteroatoms. The number of amides is 1. The maximum absolute atomic E-state index is 12.2. The Balaban J connectivity index is 1.28. The SMILES string of the molecule is COCC(=O)N1CCC(CC2=C3C=NC=C[N+]3(N)C(c3ccc4ccc(-c5ccccc5)nc4c3)=N2)CC1. The van der Waals surface area contributed by atoms with Crippen LogP contribution in [-0.4, -0.2) is 59.2 Å². The largest absolute Gasteiger partial charge is 0.375 e. The molecule has 1 saturated heterocycles. The number of amidine groups is 1. The summed E-state index contributed by atoms with van der Waals surface area (Å²) in [5.41, 5.74) is 5.70. The van der Waals surface area contributed by atoms with E-state index in [1.54, 1.807) is 13.3 Å². The minimum Gasteiger partial charge on any atom is -0.375 e. The second-order valence-corrected chi connectivity index (χ2v) is 10.1. The van der Waals surface area contributed by atoms with Crippen LogP contribution in [0.5, 0.6) is 0 Å². The molecule has 2 N–H and O–H groups in total. The van der Waals surface area contributed by atoms with E-state index in [1.807, 2.05) is 35.5 Å². The number of pyridine rings is 1. The number of piperidine rings is 1. The number of aromatic nitrogens is 1. The highest BCUT2D eigenvalue weighted by molar-refractivity contribution is 6.02. The second-order valence-electron chi connectivity index (χ2n) is 10.1. The fourth-order valence-electron chi connectivity index (χ4n) is 5.50. The maximum Gasteiger partial charge on any atom is 0.264 e. The molecule has 1 unspecified atom stereocenters. The van der Waals surface area contributed by atoms with E-state index in [0.717, 1.165) is 77.3 Å². The predicted molar refractivity (Wildman–Crippen MR) is 149 cm³/mol. The van der Waals surface area contributed by atoms with Crippen molar-refractivity contribution < 1.29 is 14.1 Å². The first kappa shape index (κ1) is 24.4. The van der Waals surface area contributed by atoms with Gasteiger partial charge in [-0.3, -0.25) is 9.79 Å². The van der Waals surface area contributed by atoms with Crippen LogP contribution in [0.1, 0.15) is 24.8 Å². The summed E-state index contributed by atoms with van der Waals surface area (Å²) in [6.45, 7) is 1.61. The van der Waals surface area contributed by atoms with Crippen LogP contribution in [0.4, 0.5) is 0 Å². The number of ether oxygens (including phenoxy) is 1. The quantitative estimate of drug-likeness (QED) is 0.396. The summed E-state index contributed by atoms with van der Waals surface area (Å²) in [7, 11) is 1.56. The lowest BCUT2D eigenvalue weighted by Crippen LogP contribution is -2.53. The van der Waals surface area contributed by atoms with Gasteiger partial charge < -0.3 is 9.64 Å². The van der Waals surface area contributed by atoms with Crippen molar-refractivity contribution in [3.8, 4) is 11.3 Å². The lowest BCUT2D eigenvalue weighted by Gasteiger charge is -2.32. The van der Waals surface area contributed by atoms with Gasteiger partial charge in [0.05, 0.1) is 29.2 Å². The van der Waals surface area contributed by atoms with Crippen molar-refractivity contribution in [1.29, 1.82) is 0 Å². The fraction of sp³-hybridized carbons (Fsp3) is 0.267. The molecule has 192 valence electrons. The molecule has 3 aliphatic heterocycles. The Labute approximate surface area is 222 Å². The molecule has 1 atom stereocenters. The first-order chi connectivity index (χ1) is 18.5. The molecular weight excluding hydrogens is 476 g/mol. The van der Waals surface area contributed by atoms with Gasteiger partial charge in [-0.1, -0.05) is 42.5 Å². The van der Waals surface area contributed by atoms with E-state index < -0.39 is 0 Å². The number of carbonyl (C=O) groups excluding carboxylic acids is 1. The normalized spacial score (nSPS) is 21.2. The summed E-state index contributed by atoms with van der Waals surface area (Å²) in [6.07, 6.45) is 8.09. The molecule has 2 aromatic carbocycles. The number of aliphatic imine (C=N–C) groups is 2. The van der Waals surface area contributed by atoms with Crippen molar-refractivity contribution in [2.75, 3.05) is 26.8 Å². The van der Waals surface area contributed by atoms with Crippen molar-refractivity contribution >= 4 is 28.9 Å². The van der Waals surface area contributed by atoms with Gasteiger partial charge in [0.2, 0.25) is 11.6 Å². The van der Waals surface area contributed by atoms with Crippen molar-refractivity contribution in [2.24, 2.45) is 21.7 Å². The number of carbonyl (C=O) groups is 1. The van der Waals surface area contributed by atoms with E-state index in [1.165, 1.54) is 0 Å². The van der Waals surface area contributed by atoms with Gasteiger partial charge in [0.25, 0.3) is 5.84 Å². The molecule has 3 aromatic rings. The highest BCUT2D eigenvalue weighted by atomic mass is 16.5. The molecule has 1 amide bonds. The van der Waals surface area contributed by atoms with E-state index >= 15 is 0 Å². The number of hydrogen-bond acceptors (Lipinski definition) is 6. The van der Waals surface area contributed by atoms with Crippen molar-refractivity contribution in [1.82, 2.24) is 9.88 Å². The molecule has 3 aliphatic rings. The minimum absolute atomic E-state index is 0.00607. The molecule has 0 radical (unpaired) electrons. The van der Waals surface area contributed by atoms with Crippen LogP contribution in [0, 0.1) is 5.92 Å². The number of rotatable bonds is 6. The van der Waals surface area contributed by atoms with Crippen LogP contribution >= 0.6 is 0 Å². The van der Waals surface area contributed by atoms with E-state index in [2.05, 4.69) is 47.5 Å². The zero-order valence-electron chi connectivity index (χ0n) is 21.5. The van der Waals surface area contributed by atoms with E-state index in [4.69, 9.17) is 20.6 Å². The van der Waals surface area contributed by atoms with Crippen LogP contribution in [0.3, 0.4) is 0 Å². The van der Waals surface area contributed by atoms with Crippen LogP contribution in [-0.2, 0) is 9.53 Å². The summed E-state index contributed by atoms with van der Waals surface area (Å²) in [4.78, 5) is 28.5. The van der Waals surface area contributed by atoms with Crippen LogP contribution in [0.15, 0.2) is 94.4 Å². The lowest BCUT2D eigenvalue weighted by atomic mass is 9.91. The minimum atomic E-state index is -0.00607. The number of likely N-dealkylation sites (tertiary alicyclic amines) is 1. The predicted octanol–water partition coefficient (Wildman–Crippen LogP) is 4.39. The molecule has 1 aromatic heterocycles. The molecule has 8 nitrogen and oxygen atoms in total. The third-order valence-corrected chi connectivity index (χ3v) is 7.61. The molecular formula is C30H31N6O2+. The average Bonchev–Trinajstić information content (AvgIpc) is 3.25. The number of quaternary nitrogens is 1. The molecule has 0 saturated carbocycles. The topological polar surface area (TPSA) is 93.2 Å². The van der Waals surface area contributed by atoms with Crippen molar-refractivity contribution in [2.45, 2.75) is 19.3 Å². The Morgan fingerprint density at radius 2 is 1.87 bits per heavy atom. The van der Waals surface area contributed by atoms with Gasteiger partial charge in [-0.2, -0.15) is 10.8 Å². The molecule has 0 bridgehead atoms. The monoisotopic (exact) mass is 507 g/mol. The van der Waals surface area contributed by atoms with Gasteiger partial charge in [0.15, 0.2) is 0 Å². The summed E-state index contributed by atoms with van der Waals surface area (Å²) >= 11 is 0. The number of methoxy groups -OCH3 is 1. The van der Waals surface area contributed by atoms with Gasteiger partial charge >= 0.3 is 0 Å². The molecule has 38 heavy (non-hydrogen) atoms. The first-order valence-corrected chi connectivity index (χ1v) is 13.0. The summed E-state index contributed by atoms with van der Waals surface area (Å²) < 4.78 is 5.01. The Hall–Kier alpha value is -3.98. The number of fused-ring (bicyclic) bond motifs is 2. The van der Waals surface area contributed by atoms with Gasteiger partial charge in [0, 0.05) is 31.1 Å². The number of nitrogens with two attached hydrogens (primary N) is 1. The molecule has 1 fully saturated rings. The van der Waals surface area contributed by atoms with Crippen molar-refractivity contribution in [3.05, 3.63) is 90.0 Å². The Kier molecular flexibility index (Phi) is 6.45. The maximum atomic E-state index is 12.2. The highest BCUT2D eigenvalue weighted by Crippen LogP contribution is 2.36. The fourth-order valence-corrected chi connectivity index (χ4v) is 5.50. The first-order valence-electron chi connectivity index (χ1n) is 13.0.